The van der Waals surface area contributed by atoms with Crippen molar-refractivity contribution >= 4 is 22.7 Å². The van der Waals surface area contributed by atoms with E-state index in [1.54, 1.807) is 30.3 Å². The Bertz CT molecular complexity index is 1470. The van der Waals surface area contributed by atoms with Gasteiger partial charge in [-0.05, 0) is 36.4 Å². The van der Waals surface area contributed by atoms with Crippen LogP contribution in [0, 0.1) is 0 Å². The molecule has 0 unspecified atom stereocenters. The van der Waals surface area contributed by atoms with Crippen LogP contribution in [0.3, 0.4) is 0 Å². The number of Topliss-reactive ketones (excluding diaryl/α,β-unsaturated/α-hetero) is 1. The van der Waals surface area contributed by atoms with Crippen LogP contribution in [-0.4, -0.2) is 25.5 Å². The molecule has 0 fully saturated rings. The van der Waals surface area contributed by atoms with Crippen LogP contribution in [0.2, 0.25) is 0 Å². The van der Waals surface area contributed by atoms with Crippen molar-refractivity contribution in [3.63, 3.8) is 0 Å². The largest absolute Gasteiger partial charge is 0.485 e. The number of ether oxygens (including phenoxy) is 3. The minimum atomic E-state index is -5.06. The van der Waals surface area contributed by atoms with Crippen LogP contribution in [0.5, 0.6) is 17.2 Å². The lowest BCUT2D eigenvalue weighted by Gasteiger charge is -2.14. The maximum Gasteiger partial charge on any atom is 0.453 e. The van der Waals surface area contributed by atoms with Crippen LogP contribution in [0.1, 0.15) is 26.5 Å². The summed E-state index contributed by atoms with van der Waals surface area (Å²) in [4.78, 5) is 36.7. The number of rotatable bonds is 7. The number of benzene rings is 3. The van der Waals surface area contributed by atoms with Gasteiger partial charge in [-0.25, -0.2) is 4.79 Å². The number of hydrogen-bond donors (Lipinski definition) is 0. The van der Waals surface area contributed by atoms with Crippen molar-refractivity contribution in [3.05, 3.63) is 99.9 Å². The molecule has 7 nitrogen and oxygen atoms in total. The molecular weight excluding hydrogens is 481 g/mol. The molecule has 1 aromatic heterocycles. The summed E-state index contributed by atoms with van der Waals surface area (Å²) >= 11 is 0. The highest BCUT2D eigenvalue weighted by molar-refractivity contribution is 5.97. The van der Waals surface area contributed by atoms with E-state index in [2.05, 4.69) is 4.74 Å². The summed E-state index contributed by atoms with van der Waals surface area (Å²) < 4.78 is 61.5. The number of methoxy groups -OCH3 is 1. The number of carbonyl (C=O) groups is 2. The Labute approximate surface area is 201 Å². The summed E-state index contributed by atoms with van der Waals surface area (Å²) in [5, 5.41) is -0.189. The number of alkyl halides is 3. The zero-order valence-electron chi connectivity index (χ0n) is 18.6. The summed E-state index contributed by atoms with van der Waals surface area (Å²) in [6.45, 7) is -0.366. The number of esters is 1. The zero-order valence-corrected chi connectivity index (χ0v) is 18.6. The van der Waals surface area contributed by atoms with Crippen molar-refractivity contribution in [1.29, 1.82) is 0 Å². The third-order valence-corrected chi connectivity index (χ3v) is 5.04. The van der Waals surface area contributed by atoms with Crippen LogP contribution in [0.4, 0.5) is 13.2 Å². The molecule has 0 aliphatic heterocycles. The Morgan fingerprint density at radius 2 is 1.56 bits per heavy atom. The minimum Gasteiger partial charge on any atom is -0.485 e. The summed E-state index contributed by atoms with van der Waals surface area (Å²) in [6, 6.07) is 17.0. The lowest BCUT2D eigenvalue weighted by molar-refractivity contribution is -0.154. The summed E-state index contributed by atoms with van der Waals surface area (Å²) in [6.07, 6.45) is -5.06. The predicted molar refractivity (Wildman–Crippen MR) is 122 cm³/mol. The fourth-order valence-corrected chi connectivity index (χ4v) is 3.28. The van der Waals surface area contributed by atoms with Gasteiger partial charge in [0.15, 0.2) is 12.4 Å². The second kappa shape index (κ2) is 9.95. The molecular formula is C26H17F3O7. The quantitative estimate of drug-likeness (QED) is 0.240. The van der Waals surface area contributed by atoms with E-state index in [0.717, 1.165) is 6.07 Å². The highest BCUT2D eigenvalue weighted by Crippen LogP contribution is 2.38. The topological polar surface area (TPSA) is 92.0 Å². The van der Waals surface area contributed by atoms with Gasteiger partial charge in [0.2, 0.25) is 11.2 Å². The smallest absolute Gasteiger partial charge is 0.453 e. The molecule has 0 spiro atoms. The summed E-state index contributed by atoms with van der Waals surface area (Å²) in [7, 11) is 1.18. The van der Waals surface area contributed by atoms with Gasteiger partial charge in [-0.15, -0.1) is 0 Å². The van der Waals surface area contributed by atoms with Gasteiger partial charge < -0.3 is 18.6 Å². The van der Waals surface area contributed by atoms with Gasteiger partial charge in [0.1, 0.15) is 17.1 Å². The average molecular weight is 498 g/mol. The Kier molecular flexibility index (Phi) is 6.77. The molecule has 0 radical (unpaired) electrons. The van der Waals surface area contributed by atoms with Gasteiger partial charge in [0.25, 0.3) is 5.76 Å². The van der Waals surface area contributed by atoms with Crippen molar-refractivity contribution in [2.75, 3.05) is 13.7 Å². The van der Waals surface area contributed by atoms with Crippen molar-refractivity contribution < 1.29 is 41.4 Å². The molecule has 0 bridgehead atoms. The van der Waals surface area contributed by atoms with E-state index in [9.17, 15) is 27.6 Å². The SMILES string of the molecule is COC(=O)c1ccc(Oc2c(C(F)(F)F)oc3cc(OCC(=O)c4ccccc4)ccc3c2=O)cc1. The van der Waals surface area contributed by atoms with Gasteiger partial charge in [-0.2, -0.15) is 13.2 Å². The molecule has 0 N–H and O–H groups in total. The average Bonchev–Trinajstić information content (AvgIpc) is 2.88. The second-order valence-corrected chi connectivity index (χ2v) is 7.44. The maximum absolute atomic E-state index is 13.8. The van der Waals surface area contributed by atoms with E-state index < -0.39 is 34.7 Å². The summed E-state index contributed by atoms with van der Waals surface area (Å²) in [5.74, 6) is -3.78. The molecule has 0 aliphatic rings. The number of carbonyl (C=O) groups excluding carboxylic acids is 2. The lowest BCUT2D eigenvalue weighted by Crippen LogP contribution is -2.16. The normalized spacial score (nSPS) is 11.2. The van der Waals surface area contributed by atoms with E-state index in [1.807, 2.05) is 0 Å². The van der Waals surface area contributed by atoms with Gasteiger partial charge in [-0.3, -0.25) is 9.59 Å². The molecule has 184 valence electrons. The first-order chi connectivity index (χ1) is 17.2. The third-order valence-electron chi connectivity index (χ3n) is 5.04. The maximum atomic E-state index is 13.8. The Morgan fingerprint density at radius 1 is 0.889 bits per heavy atom. The molecule has 0 amide bonds. The molecule has 1 heterocycles. The molecule has 0 saturated heterocycles. The first-order valence-electron chi connectivity index (χ1n) is 10.4. The van der Waals surface area contributed by atoms with Gasteiger partial charge in [-0.1, -0.05) is 30.3 Å². The molecule has 4 aromatic rings. The molecule has 10 heteroatoms. The Morgan fingerprint density at radius 3 is 2.19 bits per heavy atom. The Balaban J connectivity index is 1.65. The number of ketones is 1. The van der Waals surface area contributed by atoms with Crippen LogP contribution < -0.4 is 14.9 Å². The van der Waals surface area contributed by atoms with Crippen molar-refractivity contribution in [3.8, 4) is 17.2 Å². The van der Waals surface area contributed by atoms with Gasteiger partial charge in [0.05, 0.1) is 18.1 Å². The zero-order chi connectivity index (χ0) is 25.9. The standard InChI is InChI=1S/C26H17F3O7/c1-33-25(32)16-7-9-17(10-8-16)35-23-22(31)19-12-11-18(13-21(19)36-24(23)26(27,28)29)34-14-20(30)15-5-3-2-4-6-15/h2-13H,14H2,1H3. The van der Waals surface area contributed by atoms with E-state index in [0.29, 0.717) is 5.56 Å². The molecule has 3 aromatic carbocycles. The monoisotopic (exact) mass is 498 g/mol. The fraction of sp³-hybridized carbons (Fsp3) is 0.115. The van der Waals surface area contributed by atoms with Crippen LogP contribution in [0.15, 0.2) is 82.0 Å². The number of fused-ring (bicyclic) bond motifs is 1. The summed E-state index contributed by atoms with van der Waals surface area (Å²) in [5.41, 5.74) is -0.909. The van der Waals surface area contributed by atoms with Crippen LogP contribution in [0.25, 0.3) is 11.0 Å². The first-order valence-corrected chi connectivity index (χ1v) is 10.4. The van der Waals surface area contributed by atoms with E-state index >= 15 is 0 Å². The fourth-order valence-electron chi connectivity index (χ4n) is 3.28. The molecule has 36 heavy (non-hydrogen) atoms. The second-order valence-electron chi connectivity index (χ2n) is 7.44. The van der Waals surface area contributed by atoms with Crippen molar-refractivity contribution in [1.82, 2.24) is 0 Å². The first kappa shape index (κ1) is 24.5. The number of hydrogen-bond acceptors (Lipinski definition) is 7. The molecule has 0 aliphatic carbocycles. The van der Waals surface area contributed by atoms with Crippen molar-refractivity contribution in [2.24, 2.45) is 0 Å². The predicted octanol–water partition coefficient (Wildman–Crippen LogP) is 5.65. The van der Waals surface area contributed by atoms with Crippen LogP contribution >= 0.6 is 0 Å². The van der Waals surface area contributed by atoms with Gasteiger partial charge in [0, 0.05) is 11.6 Å². The minimum absolute atomic E-state index is 0.0372. The third kappa shape index (κ3) is 5.22. The number of halogens is 3. The molecule has 0 atom stereocenters. The lowest BCUT2D eigenvalue weighted by atomic mass is 10.1. The molecule has 0 saturated carbocycles. The van der Waals surface area contributed by atoms with Crippen molar-refractivity contribution in [2.45, 2.75) is 6.18 Å². The van der Waals surface area contributed by atoms with Crippen LogP contribution in [-0.2, 0) is 10.9 Å². The Hall–Kier alpha value is -4.60. The highest BCUT2D eigenvalue weighted by atomic mass is 19.4. The van der Waals surface area contributed by atoms with E-state index in [-0.39, 0.29) is 34.8 Å². The van der Waals surface area contributed by atoms with E-state index in [1.165, 1.54) is 43.5 Å². The van der Waals surface area contributed by atoms with E-state index in [4.69, 9.17) is 13.9 Å². The molecule has 4 rings (SSSR count). The highest BCUT2D eigenvalue weighted by Gasteiger charge is 2.40. The van der Waals surface area contributed by atoms with Gasteiger partial charge >= 0.3 is 12.1 Å².